The number of likely N-dealkylation sites (N-methyl/N-ethyl adjacent to an activating group) is 1. The molecule has 0 atom stereocenters. The number of hydrogen-bond donors (Lipinski definition) is 1. The summed E-state index contributed by atoms with van der Waals surface area (Å²) in [6.07, 6.45) is 4.35. The van der Waals surface area contributed by atoms with E-state index in [1.807, 2.05) is 13.8 Å². The van der Waals surface area contributed by atoms with Crippen LogP contribution in [-0.4, -0.2) is 33.0 Å². The van der Waals surface area contributed by atoms with Crippen LogP contribution >= 0.6 is 0 Å². The Balaban J connectivity index is 2.26. The lowest BCUT2D eigenvalue weighted by Gasteiger charge is -2.10. The van der Waals surface area contributed by atoms with Gasteiger partial charge in [-0.1, -0.05) is 6.92 Å². The molecule has 5 nitrogen and oxygen atoms in total. The Labute approximate surface area is 113 Å². The highest BCUT2D eigenvalue weighted by molar-refractivity contribution is 5.44. The molecular formula is C14H19N5. The zero-order valence-corrected chi connectivity index (χ0v) is 11.6. The van der Waals surface area contributed by atoms with Gasteiger partial charge in [0.05, 0.1) is 0 Å². The number of aromatic nitrogens is 4. The topological polar surface area (TPSA) is 63.6 Å². The average Bonchev–Trinajstić information content (AvgIpc) is 2.43. The molecule has 0 fully saturated rings. The molecule has 2 aromatic heterocycles. The van der Waals surface area contributed by atoms with E-state index in [2.05, 4.69) is 32.2 Å². The van der Waals surface area contributed by atoms with Crippen LogP contribution in [0.1, 0.15) is 23.9 Å². The number of aryl methyl sites for hydroxylation is 2. The van der Waals surface area contributed by atoms with Gasteiger partial charge in [-0.3, -0.25) is 0 Å². The molecule has 0 spiro atoms. The summed E-state index contributed by atoms with van der Waals surface area (Å²) in [5.74, 6) is 1.18. The maximum atomic E-state index is 4.52. The first kappa shape index (κ1) is 13.5. The molecule has 0 aliphatic heterocycles. The van der Waals surface area contributed by atoms with Gasteiger partial charge in [-0.2, -0.15) is 0 Å². The summed E-state index contributed by atoms with van der Waals surface area (Å²) in [6, 6.07) is 1.79. The molecule has 0 saturated carbocycles. The molecule has 0 aliphatic carbocycles. The minimum absolute atomic E-state index is 0.576. The lowest BCUT2D eigenvalue weighted by atomic mass is 10.1. The molecule has 2 rings (SSSR count). The molecule has 1 N–H and O–H groups in total. The summed E-state index contributed by atoms with van der Waals surface area (Å²) in [4.78, 5) is 17.4. The fraction of sp³-hybridized carbons (Fsp3) is 0.429. The zero-order valence-electron chi connectivity index (χ0n) is 11.6. The Morgan fingerprint density at radius 2 is 1.63 bits per heavy atom. The normalized spacial score (nSPS) is 10.7. The van der Waals surface area contributed by atoms with E-state index in [1.54, 1.807) is 18.5 Å². The van der Waals surface area contributed by atoms with Gasteiger partial charge in [0.2, 0.25) is 0 Å². The van der Waals surface area contributed by atoms with Gasteiger partial charge in [0, 0.05) is 23.8 Å². The van der Waals surface area contributed by atoms with Gasteiger partial charge in [0.25, 0.3) is 0 Å². The van der Waals surface area contributed by atoms with Crippen molar-refractivity contribution >= 4 is 0 Å². The second-order valence-electron chi connectivity index (χ2n) is 4.37. The summed E-state index contributed by atoms with van der Waals surface area (Å²) in [6.45, 7) is 8.06. The summed E-state index contributed by atoms with van der Waals surface area (Å²) in [5, 5.41) is 3.32. The molecule has 100 valence electrons. The van der Waals surface area contributed by atoms with Crippen molar-refractivity contribution < 1.29 is 0 Å². The molecule has 0 amide bonds. The van der Waals surface area contributed by atoms with Crippen molar-refractivity contribution in [3.63, 3.8) is 0 Å². The first-order valence-electron chi connectivity index (χ1n) is 6.54. The van der Waals surface area contributed by atoms with Crippen LogP contribution < -0.4 is 5.32 Å². The van der Waals surface area contributed by atoms with Crippen molar-refractivity contribution in [3.05, 3.63) is 35.4 Å². The van der Waals surface area contributed by atoms with Gasteiger partial charge < -0.3 is 5.32 Å². The number of hydrogen-bond acceptors (Lipinski definition) is 5. The first-order valence-corrected chi connectivity index (χ1v) is 6.54. The van der Waals surface area contributed by atoms with Gasteiger partial charge in [-0.25, -0.2) is 19.9 Å². The Bertz CT molecular complexity index is 516. The standard InChI is InChI=1S/C14H19N5/c1-4-15-9-6-12-10(2)18-14(19-11(12)3)13-16-7-5-8-17-13/h5,7-8,15H,4,6,9H2,1-3H3. The van der Waals surface area contributed by atoms with E-state index >= 15 is 0 Å². The third-order valence-corrected chi connectivity index (χ3v) is 2.99. The molecule has 0 bridgehead atoms. The van der Waals surface area contributed by atoms with Crippen molar-refractivity contribution in [1.29, 1.82) is 0 Å². The van der Waals surface area contributed by atoms with Crippen LogP contribution in [0.4, 0.5) is 0 Å². The van der Waals surface area contributed by atoms with Crippen molar-refractivity contribution in [2.24, 2.45) is 0 Å². The highest BCUT2D eigenvalue weighted by atomic mass is 15.0. The van der Waals surface area contributed by atoms with Gasteiger partial charge in [-0.05, 0) is 45.0 Å². The van der Waals surface area contributed by atoms with Crippen molar-refractivity contribution in [2.75, 3.05) is 13.1 Å². The van der Waals surface area contributed by atoms with Crippen LogP contribution in [-0.2, 0) is 6.42 Å². The summed E-state index contributed by atoms with van der Waals surface area (Å²) in [5.41, 5.74) is 3.22. The van der Waals surface area contributed by atoms with Crippen LogP contribution in [0, 0.1) is 13.8 Å². The zero-order chi connectivity index (χ0) is 13.7. The molecule has 19 heavy (non-hydrogen) atoms. The lowest BCUT2D eigenvalue weighted by molar-refractivity contribution is 0.708. The second-order valence-corrected chi connectivity index (χ2v) is 4.37. The van der Waals surface area contributed by atoms with Crippen LogP contribution in [0.15, 0.2) is 18.5 Å². The van der Waals surface area contributed by atoms with Crippen LogP contribution in [0.2, 0.25) is 0 Å². The summed E-state index contributed by atoms with van der Waals surface area (Å²) in [7, 11) is 0. The SMILES string of the molecule is CCNCCc1c(C)nc(-c2ncccn2)nc1C. The van der Waals surface area contributed by atoms with Crippen LogP contribution in [0.5, 0.6) is 0 Å². The lowest BCUT2D eigenvalue weighted by Crippen LogP contribution is -2.18. The van der Waals surface area contributed by atoms with Gasteiger partial charge >= 0.3 is 0 Å². The molecule has 5 heteroatoms. The van der Waals surface area contributed by atoms with E-state index in [0.717, 1.165) is 30.9 Å². The predicted octanol–water partition coefficient (Wildman–Crippen LogP) is 1.70. The monoisotopic (exact) mass is 257 g/mol. The molecule has 0 unspecified atom stereocenters. The maximum Gasteiger partial charge on any atom is 0.198 e. The number of nitrogens with zero attached hydrogens (tertiary/aromatic N) is 4. The van der Waals surface area contributed by atoms with Crippen molar-refractivity contribution in [1.82, 2.24) is 25.3 Å². The Kier molecular flexibility index (Phi) is 4.52. The molecule has 0 aromatic carbocycles. The van der Waals surface area contributed by atoms with E-state index < -0.39 is 0 Å². The summed E-state index contributed by atoms with van der Waals surface area (Å²) < 4.78 is 0. The number of rotatable bonds is 5. The molecule has 0 saturated heterocycles. The van der Waals surface area contributed by atoms with Gasteiger partial charge in [-0.15, -0.1) is 0 Å². The molecule has 2 aromatic rings. The van der Waals surface area contributed by atoms with Crippen LogP contribution in [0.25, 0.3) is 11.6 Å². The Morgan fingerprint density at radius 3 is 2.21 bits per heavy atom. The largest absolute Gasteiger partial charge is 0.317 e. The number of nitrogens with one attached hydrogen (secondary N) is 1. The quantitative estimate of drug-likeness (QED) is 0.826. The van der Waals surface area contributed by atoms with E-state index in [0.29, 0.717) is 11.6 Å². The predicted molar refractivity (Wildman–Crippen MR) is 74.8 cm³/mol. The third-order valence-electron chi connectivity index (χ3n) is 2.99. The van der Waals surface area contributed by atoms with E-state index in [-0.39, 0.29) is 0 Å². The van der Waals surface area contributed by atoms with E-state index in [9.17, 15) is 0 Å². The summed E-state index contributed by atoms with van der Waals surface area (Å²) >= 11 is 0. The third kappa shape index (κ3) is 3.32. The van der Waals surface area contributed by atoms with Crippen LogP contribution in [0.3, 0.4) is 0 Å². The maximum absolute atomic E-state index is 4.52. The first-order chi connectivity index (χ1) is 9.22. The van der Waals surface area contributed by atoms with Crippen molar-refractivity contribution in [3.8, 4) is 11.6 Å². The minimum atomic E-state index is 0.576. The van der Waals surface area contributed by atoms with E-state index in [4.69, 9.17) is 0 Å². The minimum Gasteiger partial charge on any atom is -0.317 e. The van der Waals surface area contributed by atoms with Crippen molar-refractivity contribution in [2.45, 2.75) is 27.2 Å². The van der Waals surface area contributed by atoms with E-state index in [1.165, 1.54) is 5.56 Å². The highest BCUT2D eigenvalue weighted by Gasteiger charge is 2.11. The van der Waals surface area contributed by atoms with Gasteiger partial charge in [0.15, 0.2) is 11.6 Å². The molecule has 0 aliphatic rings. The Morgan fingerprint density at radius 1 is 1.00 bits per heavy atom. The highest BCUT2D eigenvalue weighted by Crippen LogP contribution is 2.15. The fourth-order valence-corrected chi connectivity index (χ4v) is 2.01. The second kappa shape index (κ2) is 6.33. The molecular weight excluding hydrogens is 238 g/mol. The van der Waals surface area contributed by atoms with Gasteiger partial charge in [0.1, 0.15) is 0 Å². The smallest absolute Gasteiger partial charge is 0.198 e. The molecule has 2 heterocycles. The molecule has 0 radical (unpaired) electrons. The average molecular weight is 257 g/mol. The Hall–Kier alpha value is -1.88. The fourth-order valence-electron chi connectivity index (χ4n) is 2.01.